The third-order valence-corrected chi connectivity index (χ3v) is 1.69. The second-order valence-corrected chi connectivity index (χ2v) is 2.74. The fourth-order valence-electron chi connectivity index (χ4n) is 1.02. The molecule has 7 heteroatoms. The minimum atomic E-state index is -1.10. The molecule has 0 saturated heterocycles. The van der Waals surface area contributed by atoms with Crippen LogP contribution in [0, 0.1) is 0 Å². The van der Waals surface area contributed by atoms with E-state index in [2.05, 4.69) is 5.10 Å². The standard InChI is InChI=1S/C7H11N3O4/c1-9-5(4-14-2)8-10(7(9)13)3-6(11)12/h3-4H2,1-2H3,(H,11,12). The van der Waals surface area contributed by atoms with Gasteiger partial charge in [-0.3, -0.25) is 9.36 Å². The molecule has 14 heavy (non-hydrogen) atoms. The molecule has 1 aromatic heterocycles. The molecule has 0 aliphatic heterocycles. The SMILES string of the molecule is COCc1nn(CC(=O)O)c(=O)n1C. The number of aliphatic carboxylic acids is 1. The van der Waals surface area contributed by atoms with Gasteiger partial charge in [0.2, 0.25) is 0 Å². The predicted octanol–water partition coefficient (Wildman–Crippen LogP) is -1.19. The van der Waals surface area contributed by atoms with Gasteiger partial charge in [-0.15, -0.1) is 0 Å². The molecule has 1 N–H and O–H groups in total. The number of ether oxygens (including phenoxy) is 1. The van der Waals surface area contributed by atoms with Gasteiger partial charge in [0.05, 0.1) is 0 Å². The van der Waals surface area contributed by atoms with Gasteiger partial charge in [0.25, 0.3) is 0 Å². The number of methoxy groups -OCH3 is 1. The Morgan fingerprint density at radius 2 is 2.29 bits per heavy atom. The van der Waals surface area contributed by atoms with Crippen LogP contribution in [0.15, 0.2) is 4.79 Å². The second kappa shape index (κ2) is 4.05. The summed E-state index contributed by atoms with van der Waals surface area (Å²) in [5.74, 6) is -0.701. The second-order valence-electron chi connectivity index (χ2n) is 2.74. The third kappa shape index (κ3) is 1.99. The normalized spacial score (nSPS) is 10.4. The van der Waals surface area contributed by atoms with Gasteiger partial charge in [-0.2, -0.15) is 5.10 Å². The van der Waals surface area contributed by atoms with E-state index in [1.165, 1.54) is 18.7 Å². The van der Waals surface area contributed by atoms with Crippen molar-refractivity contribution >= 4 is 5.97 Å². The molecule has 78 valence electrons. The third-order valence-electron chi connectivity index (χ3n) is 1.69. The average molecular weight is 201 g/mol. The highest BCUT2D eigenvalue weighted by atomic mass is 16.5. The van der Waals surface area contributed by atoms with Crippen LogP contribution in [0.4, 0.5) is 0 Å². The number of aromatic nitrogens is 3. The summed E-state index contributed by atoms with van der Waals surface area (Å²) in [7, 11) is 2.99. The lowest BCUT2D eigenvalue weighted by molar-refractivity contribution is -0.137. The number of hydrogen-bond acceptors (Lipinski definition) is 4. The Kier molecular flexibility index (Phi) is 3.03. The highest BCUT2D eigenvalue weighted by Crippen LogP contribution is 1.91. The Morgan fingerprint density at radius 1 is 1.64 bits per heavy atom. The van der Waals surface area contributed by atoms with E-state index < -0.39 is 18.2 Å². The summed E-state index contributed by atoms with van der Waals surface area (Å²) in [6.07, 6.45) is 0. The van der Waals surface area contributed by atoms with E-state index in [1.807, 2.05) is 0 Å². The molecule has 0 atom stereocenters. The zero-order valence-electron chi connectivity index (χ0n) is 7.93. The summed E-state index contributed by atoms with van der Waals surface area (Å²) in [6, 6.07) is 0. The lowest BCUT2D eigenvalue weighted by atomic mass is 10.6. The molecule has 0 spiro atoms. The summed E-state index contributed by atoms with van der Waals surface area (Å²) < 4.78 is 6.94. The Labute approximate surface area is 79.5 Å². The molecule has 0 unspecified atom stereocenters. The molecule has 0 aliphatic rings. The number of rotatable bonds is 4. The van der Waals surface area contributed by atoms with Gasteiger partial charge < -0.3 is 9.84 Å². The first-order valence-electron chi connectivity index (χ1n) is 3.89. The number of carbonyl (C=O) groups is 1. The van der Waals surface area contributed by atoms with Crippen molar-refractivity contribution in [1.29, 1.82) is 0 Å². The summed E-state index contributed by atoms with van der Waals surface area (Å²) in [4.78, 5) is 21.7. The van der Waals surface area contributed by atoms with E-state index in [4.69, 9.17) is 9.84 Å². The van der Waals surface area contributed by atoms with E-state index in [9.17, 15) is 9.59 Å². The summed E-state index contributed by atoms with van der Waals surface area (Å²) >= 11 is 0. The fraction of sp³-hybridized carbons (Fsp3) is 0.571. The quantitative estimate of drug-likeness (QED) is 0.662. The number of carboxylic acids is 1. The van der Waals surface area contributed by atoms with E-state index in [1.54, 1.807) is 0 Å². The Bertz CT molecular complexity index is 392. The van der Waals surface area contributed by atoms with Crippen molar-refractivity contribution in [2.45, 2.75) is 13.2 Å². The van der Waals surface area contributed by atoms with Crippen molar-refractivity contribution < 1.29 is 14.6 Å². The first kappa shape index (κ1) is 10.5. The van der Waals surface area contributed by atoms with Crippen molar-refractivity contribution in [2.24, 2.45) is 7.05 Å². The zero-order valence-corrected chi connectivity index (χ0v) is 7.93. The van der Waals surface area contributed by atoms with Gasteiger partial charge in [0.15, 0.2) is 5.82 Å². The smallest absolute Gasteiger partial charge is 0.346 e. The van der Waals surface area contributed by atoms with E-state index in [0.29, 0.717) is 5.82 Å². The van der Waals surface area contributed by atoms with Gasteiger partial charge in [0, 0.05) is 14.2 Å². The summed E-state index contributed by atoms with van der Waals surface area (Å²) in [5.41, 5.74) is -0.459. The van der Waals surface area contributed by atoms with Crippen LogP contribution in [0.3, 0.4) is 0 Å². The molecular formula is C7H11N3O4. The first-order valence-corrected chi connectivity index (χ1v) is 3.89. The van der Waals surface area contributed by atoms with Crippen molar-refractivity contribution in [1.82, 2.24) is 14.3 Å². The highest BCUT2D eigenvalue weighted by Gasteiger charge is 2.11. The fourth-order valence-corrected chi connectivity index (χ4v) is 1.02. The van der Waals surface area contributed by atoms with Crippen LogP contribution in [-0.4, -0.2) is 32.5 Å². The molecule has 0 radical (unpaired) electrons. The Morgan fingerprint density at radius 3 is 2.79 bits per heavy atom. The highest BCUT2D eigenvalue weighted by molar-refractivity contribution is 5.66. The molecule has 7 nitrogen and oxygen atoms in total. The molecule has 0 saturated carbocycles. The van der Waals surface area contributed by atoms with Crippen LogP contribution in [0.25, 0.3) is 0 Å². The van der Waals surface area contributed by atoms with E-state index in [0.717, 1.165) is 4.68 Å². The Balaban J connectivity index is 3.02. The average Bonchev–Trinajstić information content (AvgIpc) is 2.34. The molecule has 0 aliphatic carbocycles. The van der Waals surface area contributed by atoms with E-state index >= 15 is 0 Å². The van der Waals surface area contributed by atoms with Crippen molar-refractivity contribution in [3.8, 4) is 0 Å². The summed E-state index contributed by atoms with van der Waals surface area (Å²) in [5, 5.41) is 12.3. The van der Waals surface area contributed by atoms with Crippen LogP contribution in [-0.2, 0) is 29.7 Å². The van der Waals surface area contributed by atoms with Crippen LogP contribution in [0.2, 0.25) is 0 Å². The van der Waals surface area contributed by atoms with Crippen LogP contribution in [0.5, 0.6) is 0 Å². The topological polar surface area (TPSA) is 86.4 Å². The molecule has 0 aromatic carbocycles. The first-order chi connectivity index (χ1) is 6.56. The van der Waals surface area contributed by atoms with Gasteiger partial charge in [-0.25, -0.2) is 9.48 Å². The van der Waals surface area contributed by atoms with Crippen LogP contribution >= 0.6 is 0 Å². The van der Waals surface area contributed by atoms with Gasteiger partial charge in [-0.05, 0) is 0 Å². The maximum absolute atomic E-state index is 11.3. The van der Waals surface area contributed by atoms with Gasteiger partial charge in [-0.1, -0.05) is 0 Å². The number of hydrogen-bond donors (Lipinski definition) is 1. The Hall–Kier alpha value is -1.63. The van der Waals surface area contributed by atoms with Crippen molar-refractivity contribution in [3.05, 3.63) is 16.3 Å². The number of carboxylic acid groups (broad SMARTS) is 1. The minimum Gasteiger partial charge on any atom is -0.480 e. The molecule has 1 heterocycles. The van der Waals surface area contributed by atoms with Crippen molar-refractivity contribution in [2.75, 3.05) is 7.11 Å². The molecule has 1 aromatic rings. The molecule has 0 bridgehead atoms. The lowest BCUT2D eigenvalue weighted by Gasteiger charge is -1.94. The van der Waals surface area contributed by atoms with Crippen LogP contribution in [0.1, 0.15) is 5.82 Å². The lowest BCUT2D eigenvalue weighted by Crippen LogP contribution is -2.26. The number of nitrogens with zero attached hydrogens (tertiary/aromatic N) is 3. The molecular weight excluding hydrogens is 190 g/mol. The van der Waals surface area contributed by atoms with Crippen LogP contribution < -0.4 is 5.69 Å². The monoisotopic (exact) mass is 201 g/mol. The zero-order chi connectivity index (χ0) is 10.7. The largest absolute Gasteiger partial charge is 0.480 e. The van der Waals surface area contributed by atoms with Gasteiger partial charge >= 0.3 is 11.7 Å². The minimum absolute atomic E-state index is 0.179. The van der Waals surface area contributed by atoms with Gasteiger partial charge in [0.1, 0.15) is 13.2 Å². The molecule has 0 amide bonds. The predicted molar refractivity (Wildman–Crippen MR) is 45.8 cm³/mol. The molecule has 0 fully saturated rings. The maximum Gasteiger partial charge on any atom is 0.346 e. The van der Waals surface area contributed by atoms with E-state index in [-0.39, 0.29) is 6.61 Å². The molecule has 1 rings (SSSR count). The maximum atomic E-state index is 11.3. The van der Waals surface area contributed by atoms with Crippen molar-refractivity contribution in [3.63, 3.8) is 0 Å². The summed E-state index contributed by atoms with van der Waals surface area (Å²) in [6.45, 7) is -0.255.